The number of fused-ring (bicyclic) bond motifs is 2. The molecule has 0 saturated carbocycles. The fourth-order valence-electron chi connectivity index (χ4n) is 3.71. The number of amides is 1. The number of aryl methyl sites for hydroxylation is 3. The second kappa shape index (κ2) is 6.41. The molecule has 1 aromatic carbocycles. The molecule has 0 bridgehead atoms. The van der Waals surface area contributed by atoms with E-state index in [4.69, 9.17) is 0 Å². The molecule has 0 unspecified atom stereocenters. The predicted molar refractivity (Wildman–Crippen MR) is 101 cm³/mol. The summed E-state index contributed by atoms with van der Waals surface area (Å²) in [4.78, 5) is 30.2. The molecule has 0 saturated heterocycles. The normalized spacial score (nSPS) is 15.8. The Morgan fingerprint density at radius 3 is 2.88 bits per heavy atom. The molecule has 0 spiro atoms. The van der Waals surface area contributed by atoms with E-state index >= 15 is 0 Å². The Hall–Kier alpha value is -2.95. The first-order valence-electron chi connectivity index (χ1n) is 8.98. The van der Waals surface area contributed by atoms with E-state index in [1.54, 1.807) is 18.3 Å². The van der Waals surface area contributed by atoms with Crippen LogP contribution in [0.15, 0.2) is 47.4 Å². The summed E-state index contributed by atoms with van der Waals surface area (Å²) < 4.78 is 1.86. The third-order valence-corrected chi connectivity index (χ3v) is 5.08. The molecule has 26 heavy (non-hydrogen) atoms. The lowest BCUT2D eigenvalue weighted by Gasteiger charge is -2.15. The summed E-state index contributed by atoms with van der Waals surface area (Å²) in [5.74, 6) is -0.318. The lowest BCUT2D eigenvalue weighted by Crippen LogP contribution is -2.32. The Morgan fingerprint density at radius 2 is 2.08 bits per heavy atom. The van der Waals surface area contributed by atoms with Crippen molar-refractivity contribution in [2.45, 2.75) is 39.3 Å². The lowest BCUT2D eigenvalue weighted by molar-refractivity contribution is 0.0935. The van der Waals surface area contributed by atoms with Crippen molar-refractivity contribution in [3.8, 4) is 0 Å². The summed E-state index contributed by atoms with van der Waals surface area (Å²) in [5, 5.41) is 3.53. The third-order valence-electron chi connectivity index (χ3n) is 5.08. The van der Waals surface area contributed by atoms with Gasteiger partial charge in [-0.15, -0.1) is 0 Å². The highest BCUT2D eigenvalue weighted by molar-refractivity contribution is 5.97. The van der Waals surface area contributed by atoms with E-state index < -0.39 is 0 Å². The van der Waals surface area contributed by atoms with Crippen molar-refractivity contribution in [1.29, 1.82) is 0 Å². The van der Waals surface area contributed by atoms with E-state index in [0.29, 0.717) is 17.6 Å². The third kappa shape index (κ3) is 2.69. The van der Waals surface area contributed by atoms with E-state index in [-0.39, 0.29) is 22.9 Å². The number of nitrogens with one attached hydrogen (secondary N) is 1. The Bertz CT molecular complexity index is 1070. The average Bonchev–Trinajstić information content (AvgIpc) is 3.05. The van der Waals surface area contributed by atoms with Crippen LogP contribution in [0.25, 0.3) is 11.0 Å². The molecule has 1 amide bonds. The molecule has 0 fully saturated rings. The SMILES string of the molecule is CCn1cc(C(=O)N[C@@H]2CCc3ccccc32)c(=O)c2ccc(C)nc21. The van der Waals surface area contributed by atoms with Crippen LogP contribution in [-0.4, -0.2) is 15.5 Å². The van der Waals surface area contributed by atoms with Gasteiger partial charge in [-0.25, -0.2) is 4.98 Å². The molecule has 5 heteroatoms. The van der Waals surface area contributed by atoms with Gasteiger partial charge in [-0.1, -0.05) is 24.3 Å². The summed E-state index contributed by atoms with van der Waals surface area (Å²) in [6.45, 7) is 4.50. The summed E-state index contributed by atoms with van der Waals surface area (Å²) >= 11 is 0. The molecule has 2 aromatic heterocycles. The number of hydrogen-bond donors (Lipinski definition) is 1. The van der Waals surface area contributed by atoms with Crippen LogP contribution >= 0.6 is 0 Å². The maximum Gasteiger partial charge on any atom is 0.257 e. The molecule has 1 atom stereocenters. The zero-order chi connectivity index (χ0) is 18.3. The van der Waals surface area contributed by atoms with Crippen molar-refractivity contribution in [1.82, 2.24) is 14.9 Å². The molecule has 132 valence electrons. The van der Waals surface area contributed by atoms with Crippen LogP contribution in [0, 0.1) is 6.92 Å². The van der Waals surface area contributed by atoms with Crippen LogP contribution in [0.3, 0.4) is 0 Å². The minimum atomic E-state index is -0.318. The van der Waals surface area contributed by atoms with Gasteiger partial charge in [-0.2, -0.15) is 0 Å². The van der Waals surface area contributed by atoms with Crippen molar-refractivity contribution < 1.29 is 4.79 Å². The molecular formula is C21H21N3O2. The van der Waals surface area contributed by atoms with Gasteiger partial charge in [0, 0.05) is 18.4 Å². The largest absolute Gasteiger partial charge is 0.345 e. The molecule has 1 aliphatic carbocycles. The fraction of sp³-hybridized carbons (Fsp3) is 0.286. The number of hydrogen-bond acceptors (Lipinski definition) is 3. The number of pyridine rings is 2. The highest BCUT2D eigenvalue weighted by atomic mass is 16.2. The molecule has 1 N–H and O–H groups in total. The van der Waals surface area contributed by atoms with Gasteiger partial charge in [0.15, 0.2) is 0 Å². The molecule has 4 rings (SSSR count). The molecule has 0 radical (unpaired) electrons. The second-order valence-corrected chi connectivity index (χ2v) is 6.75. The molecule has 3 aromatic rings. The first kappa shape index (κ1) is 16.5. The number of aromatic nitrogens is 2. The van der Waals surface area contributed by atoms with E-state index in [1.807, 2.05) is 36.6 Å². The van der Waals surface area contributed by atoms with Crippen LogP contribution in [0.5, 0.6) is 0 Å². The van der Waals surface area contributed by atoms with E-state index in [2.05, 4.69) is 16.4 Å². The molecular weight excluding hydrogens is 326 g/mol. The van der Waals surface area contributed by atoms with Crippen molar-refractivity contribution >= 4 is 16.9 Å². The van der Waals surface area contributed by atoms with Gasteiger partial charge in [-0.05, 0) is 49.9 Å². The summed E-state index contributed by atoms with van der Waals surface area (Å²) in [6, 6.07) is 11.7. The molecule has 2 heterocycles. The summed E-state index contributed by atoms with van der Waals surface area (Å²) in [6.07, 6.45) is 3.44. The minimum Gasteiger partial charge on any atom is -0.345 e. The second-order valence-electron chi connectivity index (χ2n) is 6.75. The van der Waals surface area contributed by atoms with Crippen molar-refractivity contribution in [3.63, 3.8) is 0 Å². The van der Waals surface area contributed by atoms with Gasteiger partial charge in [0.1, 0.15) is 11.2 Å². The topological polar surface area (TPSA) is 64.0 Å². The Morgan fingerprint density at radius 1 is 1.27 bits per heavy atom. The zero-order valence-electron chi connectivity index (χ0n) is 15.0. The number of carbonyl (C=O) groups excluding carboxylic acids is 1. The standard InChI is InChI=1S/C21H21N3O2/c1-3-24-12-17(19(25)16-10-8-13(2)22-20(16)24)21(26)23-18-11-9-14-6-4-5-7-15(14)18/h4-8,10,12,18H,3,9,11H2,1-2H3,(H,23,26)/t18-/m1/s1. The van der Waals surface area contributed by atoms with E-state index in [0.717, 1.165) is 24.1 Å². The highest BCUT2D eigenvalue weighted by Gasteiger charge is 2.25. The van der Waals surface area contributed by atoms with Crippen LogP contribution in [0.2, 0.25) is 0 Å². The molecule has 0 aliphatic heterocycles. The van der Waals surface area contributed by atoms with Crippen LogP contribution < -0.4 is 10.7 Å². The fourth-order valence-corrected chi connectivity index (χ4v) is 3.71. The first-order chi connectivity index (χ1) is 12.6. The Kier molecular flexibility index (Phi) is 4.07. The molecule has 1 aliphatic rings. The minimum absolute atomic E-state index is 0.0417. The Labute approximate surface area is 151 Å². The first-order valence-corrected chi connectivity index (χ1v) is 8.98. The van der Waals surface area contributed by atoms with Gasteiger partial charge in [0.2, 0.25) is 5.43 Å². The maximum absolute atomic E-state index is 12.9. The van der Waals surface area contributed by atoms with Crippen molar-refractivity contribution in [2.24, 2.45) is 0 Å². The average molecular weight is 347 g/mol. The van der Waals surface area contributed by atoms with E-state index in [1.165, 1.54) is 5.56 Å². The Balaban J connectivity index is 1.73. The van der Waals surface area contributed by atoms with Crippen LogP contribution in [0.4, 0.5) is 0 Å². The van der Waals surface area contributed by atoms with Crippen LogP contribution in [0.1, 0.15) is 46.6 Å². The van der Waals surface area contributed by atoms with E-state index in [9.17, 15) is 9.59 Å². The number of benzene rings is 1. The molecule has 5 nitrogen and oxygen atoms in total. The summed E-state index contributed by atoms with van der Waals surface area (Å²) in [5.41, 5.74) is 3.80. The highest BCUT2D eigenvalue weighted by Crippen LogP contribution is 2.30. The van der Waals surface area contributed by atoms with Crippen LogP contribution in [-0.2, 0) is 13.0 Å². The van der Waals surface area contributed by atoms with Gasteiger partial charge in [0.05, 0.1) is 11.4 Å². The number of rotatable bonds is 3. The summed E-state index contributed by atoms with van der Waals surface area (Å²) in [7, 11) is 0. The monoisotopic (exact) mass is 347 g/mol. The lowest BCUT2D eigenvalue weighted by atomic mass is 10.1. The number of carbonyl (C=O) groups is 1. The van der Waals surface area contributed by atoms with Gasteiger partial charge >= 0.3 is 0 Å². The van der Waals surface area contributed by atoms with Gasteiger partial charge < -0.3 is 9.88 Å². The number of nitrogens with zero attached hydrogens (tertiary/aromatic N) is 2. The van der Waals surface area contributed by atoms with Gasteiger partial charge in [-0.3, -0.25) is 9.59 Å². The smallest absolute Gasteiger partial charge is 0.257 e. The predicted octanol–water partition coefficient (Wildman–Crippen LogP) is 3.14. The van der Waals surface area contributed by atoms with Crippen molar-refractivity contribution in [2.75, 3.05) is 0 Å². The maximum atomic E-state index is 12.9. The van der Waals surface area contributed by atoms with Gasteiger partial charge in [0.25, 0.3) is 5.91 Å². The van der Waals surface area contributed by atoms with Crippen molar-refractivity contribution in [3.05, 3.63) is 75.2 Å². The zero-order valence-corrected chi connectivity index (χ0v) is 15.0. The quantitative estimate of drug-likeness (QED) is 0.792.